The molecule has 482 valence electrons. The number of thiazole rings is 2. The highest BCUT2D eigenvalue weighted by Gasteiger charge is 2.56. The first-order chi connectivity index (χ1) is 43.4. The standard InChI is InChI=1S/C61H77N13O12S4/c1-6-71(30-39-22-26-69(27-23-39)32-41-34-88-57-49(55(79)73(57)51(41)59(81)82)65-53(77)47(67-85-4)43-36-87-38(3)63-43)45(75)20-18-16-14-12-10-8-9-11-13-15-17-19-21-46(76)72(7-2)31-40-24-28-70(29-25-40)33-42-35-89-58-50(56(80)74(58)52(42)60(83)84)66-54(78)48(68-86-5)44-37-90-61(62)64-44/h22-29,36-37,49-50,57-58H,6-21,30-35H2,1-5H3,(H4-2,62,64,65,66,77,78,81,82,83,84)/p+2/b67-47+,68-48+/t49-,50-,57?,58?/m1/s1. The molecule has 0 spiro atoms. The van der Waals surface area contributed by atoms with Gasteiger partial charge in [-0.2, -0.15) is 0 Å². The maximum atomic E-state index is 13.4. The predicted octanol–water partition coefficient (Wildman–Crippen LogP) is 5.50. The maximum Gasteiger partial charge on any atom is 0.352 e. The Morgan fingerprint density at radius 3 is 1.33 bits per heavy atom. The smallest absolute Gasteiger partial charge is 0.352 e. The summed E-state index contributed by atoms with van der Waals surface area (Å²) in [5.41, 5.74) is 8.83. The van der Waals surface area contributed by atoms with Gasteiger partial charge in [0.1, 0.15) is 59.8 Å². The molecular formula is C61H79N13O12S4+2. The van der Waals surface area contributed by atoms with Crippen LogP contribution in [0.4, 0.5) is 5.13 Å². The number of aliphatic carboxylic acids is 2. The third-order valence-corrected chi connectivity index (χ3v) is 20.0. The highest BCUT2D eigenvalue weighted by atomic mass is 32.2. The van der Waals surface area contributed by atoms with Gasteiger partial charge in [0.15, 0.2) is 54.4 Å². The monoisotopic (exact) mass is 1310 g/mol. The Labute approximate surface area is 539 Å². The third-order valence-electron chi connectivity index (χ3n) is 15.9. The number of nitrogens with one attached hydrogen (secondary N) is 2. The van der Waals surface area contributed by atoms with Gasteiger partial charge in [-0.15, -0.1) is 46.2 Å². The zero-order valence-electron chi connectivity index (χ0n) is 51.3. The van der Waals surface area contributed by atoms with Gasteiger partial charge in [-0.25, -0.2) is 28.7 Å². The summed E-state index contributed by atoms with van der Waals surface area (Å²) in [6, 6.07) is 5.76. The van der Waals surface area contributed by atoms with Gasteiger partial charge in [-0.05, 0) is 44.7 Å². The van der Waals surface area contributed by atoms with E-state index >= 15 is 0 Å². The Kier molecular flexibility index (Phi) is 24.9. The lowest BCUT2D eigenvalue weighted by Crippen LogP contribution is -2.71. The molecule has 4 aliphatic heterocycles. The molecule has 4 aliphatic rings. The van der Waals surface area contributed by atoms with Crippen LogP contribution in [0.5, 0.6) is 0 Å². The van der Waals surface area contributed by atoms with Gasteiger partial charge in [-0.3, -0.25) is 38.6 Å². The Balaban J connectivity index is 0.655. The molecule has 25 nitrogen and oxygen atoms in total. The number of fused-ring (bicyclic) bond motifs is 2. The highest BCUT2D eigenvalue weighted by molar-refractivity contribution is 8.00. The first-order valence-corrected chi connectivity index (χ1v) is 34.1. The number of nitrogen functional groups attached to an aromatic ring is 1. The second-order valence-corrected chi connectivity index (χ2v) is 26.3. The molecule has 90 heavy (non-hydrogen) atoms. The van der Waals surface area contributed by atoms with E-state index in [1.54, 1.807) is 17.7 Å². The summed E-state index contributed by atoms with van der Waals surface area (Å²) in [4.78, 5) is 129. The highest BCUT2D eigenvalue weighted by Crippen LogP contribution is 2.42. The lowest BCUT2D eigenvalue weighted by molar-refractivity contribution is -0.689. The fourth-order valence-electron chi connectivity index (χ4n) is 11.2. The molecule has 0 radical (unpaired) electrons. The number of β-lactam (4-membered cyclic amide) rings is 2. The molecule has 2 fully saturated rings. The minimum atomic E-state index is -1.23. The number of unbranched alkanes of at least 4 members (excludes halogenated alkanes) is 11. The number of carbonyl (C=O) groups excluding carboxylic acids is 6. The fourth-order valence-corrected chi connectivity index (χ4v) is 15.0. The molecule has 0 saturated carbocycles. The molecule has 6 amide bonds. The van der Waals surface area contributed by atoms with Gasteiger partial charge in [0.05, 0.1) is 5.01 Å². The Morgan fingerprint density at radius 2 is 1.00 bits per heavy atom. The predicted molar refractivity (Wildman–Crippen MR) is 340 cm³/mol. The minimum Gasteiger partial charge on any atom is -0.477 e. The number of nitrogens with zero attached hydrogens (tertiary/aromatic N) is 10. The van der Waals surface area contributed by atoms with Crippen molar-refractivity contribution in [2.45, 2.75) is 160 Å². The van der Waals surface area contributed by atoms with E-state index in [0.29, 0.717) is 67.4 Å². The molecule has 2 unspecified atom stereocenters. The van der Waals surface area contributed by atoms with Gasteiger partial charge in [0.25, 0.3) is 23.6 Å². The molecule has 8 heterocycles. The van der Waals surface area contributed by atoms with Crippen LogP contribution in [0.25, 0.3) is 0 Å². The lowest BCUT2D eigenvalue weighted by Gasteiger charge is -2.49. The van der Waals surface area contributed by atoms with E-state index in [2.05, 4.69) is 30.9 Å². The Morgan fingerprint density at radius 1 is 0.622 bits per heavy atom. The molecule has 0 aromatic carbocycles. The molecule has 8 rings (SSSR count). The zero-order valence-corrected chi connectivity index (χ0v) is 54.6. The lowest BCUT2D eigenvalue weighted by atomic mass is 10.0. The summed E-state index contributed by atoms with van der Waals surface area (Å²) >= 11 is 5.20. The van der Waals surface area contributed by atoms with Crippen molar-refractivity contribution in [3.8, 4) is 0 Å². The number of rotatable bonds is 35. The number of oxime groups is 2. The molecule has 4 aromatic rings. The second kappa shape index (κ2) is 32.8. The van der Waals surface area contributed by atoms with E-state index in [1.165, 1.54) is 84.6 Å². The molecule has 4 atom stereocenters. The quantitative estimate of drug-likeness (QED) is 0.0125. The summed E-state index contributed by atoms with van der Waals surface area (Å²) in [7, 11) is 2.58. The number of amides is 6. The average Bonchev–Trinajstić information content (AvgIpc) is 0.827. The third kappa shape index (κ3) is 17.2. The SMILES string of the molecule is CCN(Cc1cc[n+](CC2=C(C(=O)O)N3C(=O)[C@@H](NC(=O)/C(=N/OC)c4csc(C)n4)C3SC2)cc1)C(=O)CCCCCCCCCCCCCCC(=O)N(CC)Cc1cc[n+](CC2=C(C(=O)O)N3C(=O)[C@@H](NC(=O)/C(=N/OC)c4csc(N)n4)C3SC2)cc1. The largest absolute Gasteiger partial charge is 0.477 e. The second-order valence-electron chi connectivity index (χ2n) is 22.1. The van der Waals surface area contributed by atoms with Gasteiger partial charge < -0.3 is 46.1 Å². The van der Waals surface area contributed by atoms with E-state index in [-0.39, 0.29) is 58.5 Å². The van der Waals surface area contributed by atoms with E-state index < -0.39 is 58.4 Å². The molecule has 0 aliphatic carbocycles. The first kappa shape index (κ1) is 68.2. The van der Waals surface area contributed by atoms with Crippen LogP contribution in [-0.2, 0) is 74.2 Å². The molecular weight excluding hydrogens is 1240 g/mol. The van der Waals surface area contributed by atoms with Gasteiger partial charge in [0.2, 0.25) is 11.8 Å². The zero-order chi connectivity index (χ0) is 64.4. The van der Waals surface area contributed by atoms with Crippen molar-refractivity contribution in [2.75, 3.05) is 44.5 Å². The molecule has 2 saturated heterocycles. The van der Waals surface area contributed by atoms with Crippen LogP contribution in [0.15, 0.2) is 92.7 Å². The van der Waals surface area contributed by atoms with Gasteiger partial charge >= 0.3 is 11.9 Å². The van der Waals surface area contributed by atoms with Crippen LogP contribution >= 0.6 is 46.2 Å². The number of carboxylic acid groups (broad SMARTS) is 2. The van der Waals surface area contributed by atoms with Crippen molar-refractivity contribution < 1.29 is 67.4 Å². The van der Waals surface area contributed by atoms with Crippen LogP contribution in [0.1, 0.15) is 131 Å². The van der Waals surface area contributed by atoms with Crippen LogP contribution in [0.2, 0.25) is 0 Å². The van der Waals surface area contributed by atoms with Crippen molar-refractivity contribution in [1.29, 1.82) is 0 Å². The van der Waals surface area contributed by atoms with Crippen LogP contribution in [0, 0.1) is 6.92 Å². The number of hydrogen-bond donors (Lipinski definition) is 5. The average molecular weight is 1310 g/mol. The number of anilines is 1. The van der Waals surface area contributed by atoms with Gasteiger partial charge in [-0.1, -0.05) is 74.5 Å². The number of nitrogens with two attached hydrogens (primary N) is 1. The maximum absolute atomic E-state index is 13.4. The number of thioether (sulfide) groups is 2. The number of hydrogen-bond acceptors (Lipinski definition) is 19. The van der Waals surface area contributed by atoms with E-state index in [9.17, 15) is 48.6 Å². The minimum absolute atomic E-state index is 0.0766. The van der Waals surface area contributed by atoms with Crippen LogP contribution in [0.3, 0.4) is 0 Å². The summed E-state index contributed by atoms with van der Waals surface area (Å²) < 4.78 is 3.70. The van der Waals surface area contributed by atoms with E-state index in [0.717, 1.165) is 78.8 Å². The Hall–Kier alpha value is -7.76. The molecule has 0 bridgehead atoms. The summed E-state index contributed by atoms with van der Waals surface area (Å²) in [6.45, 7) is 8.29. The number of carbonyl (C=O) groups is 8. The van der Waals surface area contributed by atoms with Crippen LogP contribution < -0.4 is 25.5 Å². The van der Waals surface area contributed by atoms with Crippen molar-refractivity contribution in [3.05, 3.63) is 110 Å². The summed E-state index contributed by atoms with van der Waals surface area (Å²) in [5.74, 6) is -3.98. The van der Waals surface area contributed by atoms with Crippen LogP contribution in [-0.4, -0.2) is 160 Å². The summed E-state index contributed by atoms with van der Waals surface area (Å²) in [6.07, 6.45) is 21.3. The number of aryl methyl sites for hydroxylation is 1. The van der Waals surface area contributed by atoms with Gasteiger partial charge in [0, 0.05) is 96.7 Å². The topological polar surface area (TPSA) is 317 Å². The molecule has 6 N–H and O–H groups in total. The normalized spacial score (nSPS) is 18.1. The van der Waals surface area contributed by atoms with E-state index in [1.807, 2.05) is 81.8 Å². The molecule has 4 aromatic heterocycles. The summed E-state index contributed by atoms with van der Waals surface area (Å²) in [5, 5.41) is 36.4. The van der Waals surface area contributed by atoms with E-state index in [4.69, 9.17) is 15.4 Å². The number of pyridine rings is 2. The van der Waals surface area contributed by atoms with Crippen molar-refractivity contribution in [1.82, 2.24) is 40.2 Å². The number of aromatic nitrogens is 4. The Bertz CT molecular complexity index is 3170. The fraction of sp³-hybridized carbons (Fsp3) is 0.508. The van der Waals surface area contributed by atoms with Crippen molar-refractivity contribution in [2.24, 2.45) is 10.3 Å². The van der Waals surface area contributed by atoms with Crippen molar-refractivity contribution >= 4 is 110 Å². The van der Waals surface area contributed by atoms with Crippen molar-refractivity contribution in [3.63, 3.8) is 0 Å². The number of carboxylic acids is 2. The first-order valence-electron chi connectivity index (χ1n) is 30.2. The molecule has 29 heteroatoms.